The summed E-state index contributed by atoms with van der Waals surface area (Å²) in [5.74, 6) is 2.63. The smallest absolute Gasteiger partial charge is 0.229 e. The zero-order chi connectivity index (χ0) is 15.0. The summed E-state index contributed by atoms with van der Waals surface area (Å²) in [4.78, 5) is 14.6. The van der Waals surface area contributed by atoms with E-state index in [2.05, 4.69) is 0 Å². The monoisotopic (exact) mass is 286 g/mol. The third-order valence-electron chi connectivity index (χ3n) is 5.55. The lowest BCUT2D eigenvalue weighted by atomic mass is 9.88. The van der Waals surface area contributed by atoms with Gasteiger partial charge in [0.15, 0.2) is 0 Å². The second kappa shape index (κ2) is 5.70. The van der Waals surface area contributed by atoms with Crippen molar-refractivity contribution in [1.82, 2.24) is 4.90 Å². The van der Waals surface area contributed by atoms with E-state index in [1.54, 1.807) is 0 Å². The molecule has 21 heavy (non-hydrogen) atoms. The van der Waals surface area contributed by atoms with Crippen molar-refractivity contribution in [3.05, 3.63) is 29.8 Å². The van der Waals surface area contributed by atoms with Crippen molar-refractivity contribution in [3.8, 4) is 0 Å². The van der Waals surface area contributed by atoms with Crippen molar-refractivity contribution in [2.24, 2.45) is 17.8 Å². The average Bonchev–Trinajstić information content (AvgIpc) is 3.08. The molecule has 1 aromatic carbocycles. The summed E-state index contributed by atoms with van der Waals surface area (Å²) < 4.78 is 0. The molecule has 4 atom stereocenters. The molecule has 114 valence electrons. The van der Waals surface area contributed by atoms with Crippen LogP contribution in [-0.2, 0) is 4.79 Å². The van der Waals surface area contributed by atoms with Crippen molar-refractivity contribution in [2.45, 2.75) is 38.5 Å². The van der Waals surface area contributed by atoms with Crippen LogP contribution >= 0.6 is 0 Å². The number of rotatable bonds is 4. The third kappa shape index (κ3) is 2.92. The van der Waals surface area contributed by atoms with Gasteiger partial charge in [0.05, 0.1) is 5.92 Å². The van der Waals surface area contributed by atoms with Crippen LogP contribution in [0.5, 0.6) is 0 Å². The molecule has 0 radical (unpaired) electrons. The van der Waals surface area contributed by atoms with Crippen molar-refractivity contribution in [3.63, 3.8) is 0 Å². The molecule has 3 nitrogen and oxygen atoms in total. The van der Waals surface area contributed by atoms with Crippen LogP contribution in [0.2, 0.25) is 0 Å². The Morgan fingerprint density at radius 1 is 1.38 bits per heavy atom. The zero-order valence-electron chi connectivity index (χ0n) is 13.1. The van der Waals surface area contributed by atoms with E-state index in [0.717, 1.165) is 35.5 Å². The average molecular weight is 286 g/mol. The fourth-order valence-electron chi connectivity index (χ4n) is 4.34. The highest BCUT2D eigenvalue weighted by atomic mass is 16.2. The molecule has 0 saturated heterocycles. The number of benzene rings is 1. The molecule has 0 aliphatic heterocycles. The predicted molar refractivity (Wildman–Crippen MR) is 85.8 cm³/mol. The SMILES string of the molecule is CC(C(=O)N(C)CC1CC2CCC1C2)c1cccc(N)c1. The lowest BCUT2D eigenvalue weighted by molar-refractivity contribution is -0.131. The second-order valence-electron chi connectivity index (χ2n) is 7.05. The van der Waals surface area contributed by atoms with Gasteiger partial charge in [0, 0.05) is 19.3 Å². The molecular weight excluding hydrogens is 260 g/mol. The number of fused-ring (bicyclic) bond motifs is 2. The molecule has 4 unspecified atom stereocenters. The van der Waals surface area contributed by atoms with E-state index < -0.39 is 0 Å². The van der Waals surface area contributed by atoms with Crippen LogP contribution in [0.4, 0.5) is 5.69 Å². The standard InChI is InChI=1S/C18H26N2O/c1-12(14-4-3-5-17(19)10-14)18(21)20(2)11-16-9-13-6-7-15(16)8-13/h3-5,10,12-13,15-16H,6-9,11,19H2,1-2H3. The summed E-state index contributed by atoms with van der Waals surface area (Å²) in [6.45, 7) is 2.90. The van der Waals surface area contributed by atoms with Gasteiger partial charge in [-0.15, -0.1) is 0 Å². The molecule has 1 aromatic rings. The molecule has 3 rings (SSSR count). The highest BCUT2D eigenvalue weighted by molar-refractivity contribution is 5.83. The summed E-state index contributed by atoms with van der Waals surface area (Å²) >= 11 is 0. The zero-order valence-corrected chi connectivity index (χ0v) is 13.1. The number of hydrogen-bond acceptors (Lipinski definition) is 2. The number of hydrogen-bond donors (Lipinski definition) is 1. The van der Waals surface area contributed by atoms with Gasteiger partial charge >= 0.3 is 0 Å². The minimum atomic E-state index is -0.114. The largest absolute Gasteiger partial charge is 0.399 e. The van der Waals surface area contributed by atoms with E-state index in [1.807, 2.05) is 43.1 Å². The Kier molecular flexibility index (Phi) is 3.92. The Bertz CT molecular complexity index is 528. The first kappa shape index (κ1) is 14.4. The first-order chi connectivity index (χ1) is 10.0. The normalized spacial score (nSPS) is 28.6. The first-order valence-corrected chi connectivity index (χ1v) is 8.15. The fourth-order valence-corrected chi connectivity index (χ4v) is 4.34. The third-order valence-corrected chi connectivity index (χ3v) is 5.55. The van der Waals surface area contributed by atoms with E-state index in [0.29, 0.717) is 0 Å². The van der Waals surface area contributed by atoms with Crippen molar-refractivity contribution < 1.29 is 4.79 Å². The predicted octanol–water partition coefficient (Wildman–Crippen LogP) is 3.27. The van der Waals surface area contributed by atoms with Gasteiger partial charge in [-0.3, -0.25) is 4.79 Å². The maximum Gasteiger partial charge on any atom is 0.229 e. The molecule has 0 spiro atoms. The Balaban J connectivity index is 1.61. The number of anilines is 1. The summed E-state index contributed by atoms with van der Waals surface area (Å²) in [7, 11) is 1.96. The minimum Gasteiger partial charge on any atom is -0.399 e. The number of nitrogen functional groups attached to an aromatic ring is 1. The Hall–Kier alpha value is -1.51. The Morgan fingerprint density at radius 2 is 2.19 bits per heavy atom. The number of likely N-dealkylation sites (N-methyl/N-ethyl adjacent to an activating group) is 1. The van der Waals surface area contributed by atoms with Gasteiger partial charge in [0.1, 0.15) is 0 Å². The number of nitrogens with two attached hydrogens (primary N) is 1. The highest BCUT2D eigenvalue weighted by Crippen LogP contribution is 2.48. The quantitative estimate of drug-likeness (QED) is 0.864. The Morgan fingerprint density at radius 3 is 2.81 bits per heavy atom. The first-order valence-electron chi connectivity index (χ1n) is 8.15. The van der Waals surface area contributed by atoms with Crippen LogP contribution in [0.3, 0.4) is 0 Å². The second-order valence-corrected chi connectivity index (χ2v) is 7.05. The Labute approximate surface area is 127 Å². The van der Waals surface area contributed by atoms with Crippen molar-refractivity contribution in [1.29, 1.82) is 0 Å². The van der Waals surface area contributed by atoms with Gasteiger partial charge in [0.25, 0.3) is 0 Å². The topological polar surface area (TPSA) is 46.3 Å². The lowest BCUT2D eigenvalue weighted by Crippen LogP contribution is -2.36. The number of carbonyl (C=O) groups is 1. The van der Waals surface area contributed by atoms with Gasteiger partial charge in [-0.1, -0.05) is 18.6 Å². The number of nitrogens with zero attached hydrogens (tertiary/aromatic N) is 1. The van der Waals surface area contributed by atoms with Crippen LogP contribution in [-0.4, -0.2) is 24.4 Å². The summed E-state index contributed by atoms with van der Waals surface area (Å²) in [5.41, 5.74) is 7.56. The van der Waals surface area contributed by atoms with Gasteiger partial charge in [-0.2, -0.15) is 0 Å². The van der Waals surface area contributed by atoms with E-state index in [9.17, 15) is 4.79 Å². The molecule has 2 fully saturated rings. The van der Waals surface area contributed by atoms with Gasteiger partial charge in [0.2, 0.25) is 5.91 Å². The summed E-state index contributed by atoms with van der Waals surface area (Å²) in [6.07, 6.45) is 5.52. The van der Waals surface area contributed by atoms with Gasteiger partial charge in [-0.25, -0.2) is 0 Å². The molecule has 2 N–H and O–H groups in total. The number of amides is 1. The van der Waals surface area contributed by atoms with E-state index >= 15 is 0 Å². The minimum absolute atomic E-state index is 0.114. The van der Waals surface area contributed by atoms with E-state index in [4.69, 9.17) is 5.73 Å². The summed E-state index contributed by atoms with van der Waals surface area (Å²) in [6, 6.07) is 7.68. The number of carbonyl (C=O) groups excluding carboxylic acids is 1. The lowest BCUT2D eigenvalue weighted by Gasteiger charge is -2.29. The van der Waals surface area contributed by atoms with Crippen LogP contribution in [0.25, 0.3) is 0 Å². The van der Waals surface area contributed by atoms with Gasteiger partial charge in [-0.05, 0) is 61.6 Å². The summed E-state index contributed by atoms with van der Waals surface area (Å²) in [5, 5.41) is 0. The molecular formula is C18H26N2O. The molecule has 1 amide bonds. The van der Waals surface area contributed by atoms with Crippen LogP contribution < -0.4 is 5.73 Å². The molecule has 0 heterocycles. The molecule has 2 aliphatic rings. The molecule has 3 heteroatoms. The molecule has 2 saturated carbocycles. The van der Waals surface area contributed by atoms with E-state index in [1.165, 1.54) is 25.7 Å². The van der Waals surface area contributed by atoms with Crippen LogP contribution in [0.1, 0.15) is 44.1 Å². The van der Waals surface area contributed by atoms with Gasteiger partial charge < -0.3 is 10.6 Å². The van der Waals surface area contributed by atoms with Crippen molar-refractivity contribution in [2.75, 3.05) is 19.3 Å². The molecule has 2 aliphatic carbocycles. The molecule has 0 aromatic heterocycles. The van der Waals surface area contributed by atoms with E-state index in [-0.39, 0.29) is 11.8 Å². The van der Waals surface area contributed by atoms with Crippen molar-refractivity contribution >= 4 is 11.6 Å². The fraction of sp³-hybridized carbons (Fsp3) is 0.611. The van der Waals surface area contributed by atoms with Crippen LogP contribution in [0, 0.1) is 17.8 Å². The molecule has 2 bridgehead atoms. The highest BCUT2D eigenvalue weighted by Gasteiger charge is 2.40. The maximum atomic E-state index is 12.6. The van der Waals surface area contributed by atoms with Crippen LogP contribution in [0.15, 0.2) is 24.3 Å². The maximum absolute atomic E-state index is 12.6.